The average Bonchev–Trinajstić information content (AvgIpc) is 0.903. The van der Waals surface area contributed by atoms with Gasteiger partial charge < -0.3 is 34.2 Å². The van der Waals surface area contributed by atoms with Crippen LogP contribution in [0.15, 0.2) is 122 Å². The fraction of sp³-hybridized carbons (Fsp3) is 0.758. The summed E-state index contributed by atoms with van der Waals surface area (Å²) in [6.07, 6.45) is 107. The molecular weight excluding hydrogens is 1460 g/mol. The van der Waals surface area contributed by atoms with Crippen molar-refractivity contribution in [2.24, 2.45) is 0 Å². The second kappa shape index (κ2) is 87.3. The van der Waals surface area contributed by atoms with Crippen molar-refractivity contribution in [2.45, 2.75) is 424 Å². The van der Waals surface area contributed by atoms with Gasteiger partial charge in [0.1, 0.15) is 25.4 Å². The molecule has 0 rings (SSSR count). The van der Waals surface area contributed by atoms with Gasteiger partial charge in [0.2, 0.25) is 0 Å². The summed E-state index contributed by atoms with van der Waals surface area (Å²) in [5.41, 5.74) is 0. The zero-order valence-electron chi connectivity index (χ0n) is 72.0. The van der Waals surface area contributed by atoms with Crippen LogP contribution in [-0.4, -0.2) is 95.9 Å². The minimum Gasteiger partial charge on any atom is -0.463 e. The van der Waals surface area contributed by atoms with Crippen molar-refractivity contribution >= 4 is 33.6 Å². The first-order valence-electron chi connectivity index (χ1n) is 45.8. The Labute approximate surface area is 691 Å². The van der Waals surface area contributed by atoms with Crippen LogP contribution >= 0.6 is 15.6 Å². The molecule has 0 aromatic heterocycles. The van der Waals surface area contributed by atoms with E-state index in [-0.39, 0.29) is 19.3 Å². The Morgan fingerprint density at radius 3 is 0.699 bits per heavy atom. The summed E-state index contributed by atoms with van der Waals surface area (Å²) in [5, 5.41) is 20.7. The predicted octanol–water partition coefficient (Wildman–Crippen LogP) is 28.0. The number of phosphoric ester groups is 2. The zero-order valence-corrected chi connectivity index (χ0v) is 73.8. The van der Waals surface area contributed by atoms with Gasteiger partial charge in [-0.2, -0.15) is 0 Å². The molecule has 5 atom stereocenters. The standard InChI is InChI=1S/C95H168O16P2/c1-4-7-10-13-16-19-22-25-28-30-32-34-36-38-40-42-44-46-48-50-52-54-56-58-61-63-66-69-72-75-78-81-93(98)105-84-90(96)85-107-112(101,102)108-86-91(97)87-109-113(103,104)110-89-92(111-95(100)83-80-77-74-71-68-65-60-27-24-21-18-15-12-9-6-3)88-106-94(99)82-79-76-73-70-67-64-62-59-57-55-53-51-49-47-45-43-41-39-37-35-33-31-29-26-23-20-17-14-11-8-5-2/h16-21,25-29,32-35,38-41,60,90-92,96-97H,4-15,22-24,30-31,36-37,42-59,61-89H2,1-3H3,(H,101,102)(H,103,104)/b19-16-,20-17-,21-18-,28-25-,29-26-,34-32-,35-33-,40-38-,41-39-,60-27-. The number of hydrogen-bond donors (Lipinski definition) is 4. The molecular formula is C95H168O16P2. The second-order valence-electron chi connectivity index (χ2n) is 30.7. The van der Waals surface area contributed by atoms with Crippen LogP contribution < -0.4 is 0 Å². The predicted molar refractivity (Wildman–Crippen MR) is 473 cm³/mol. The van der Waals surface area contributed by atoms with Gasteiger partial charge >= 0.3 is 33.6 Å². The van der Waals surface area contributed by atoms with Gasteiger partial charge in [-0.25, -0.2) is 9.13 Å². The van der Waals surface area contributed by atoms with E-state index in [0.717, 1.165) is 122 Å². The summed E-state index contributed by atoms with van der Waals surface area (Å²) < 4.78 is 61.4. The van der Waals surface area contributed by atoms with E-state index in [9.17, 15) is 43.5 Å². The van der Waals surface area contributed by atoms with E-state index in [1.165, 1.54) is 225 Å². The monoisotopic (exact) mass is 1630 g/mol. The third-order valence-corrected chi connectivity index (χ3v) is 21.5. The summed E-state index contributed by atoms with van der Waals surface area (Å²) in [6, 6.07) is 0. The molecule has 113 heavy (non-hydrogen) atoms. The van der Waals surface area contributed by atoms with Crippen LogP contribution in [0.5, 0.6) is 0 Å². The molecule has 0 fully saturated rings. The maximum Gasteiger partial charge on any atom is 0.472 e. The molecule has 0 bridgehead atoms. The molecule has 0 radical (unpaired) electrons. The fourth-order valence-corrected chi connectivity index (χ4v) is 14.2. The molecule has 5 unspecified atom stereocenters. The number of esters is 3. The van der Waals surface area contributed by atoms with Gasteiger partial charge in [-0.1, -0.05) is 367 Å². The Kier molecular flexibility index (Phi) is 84.1. The number of allylic oxidation sites excluding steroid dienone is 20. The number of aliphatic hydroxyl groups is 2. The minimum absolute atomic E-state index is 0.0891. The van der Waals surface area contributed by atoms with Crippen LogP contribution in [0.4, 0.5) is 0 Å². The summed E-state index contributed by atoms with van der Waals surface area (Å²) in [4.78, 5) is 58.9. The van der Waals surface area contributed by atoms with Crippen molar-refractivity contribution in [3.8, 4) is 0 Å². The first-order valence-corrected chi connectivity index (χ1v) is 48.8. The molecule has 0 amide bonds. The highest BCUT2D eigenvalue weighted by atomic mass is 31.2. The molecule has 4 N–H and O–H groups in total. The van der Waals surface area contributed by atoms with Crippen LogP contribution in [0.2, 0.25) is 0 Å². The Morgan fingerprint density at radius 1 is 0.248 bits per heavy atom. The Hall–Kier alpha value is -4.05. The van der Waals surface area contributed by atoms with E-state index in [1.54, 1.807) is 0 Å². The highest BCUT2D eigenvalue weighted by molar-refractivity contribution is 7.47. The van der Waals surface area contributed by atoms with Gasteiger partial charge in [0.15, 0.2) is 6.10 Å². The maximum atomic E-state index is 13.0. The van der Waals surface area contributed by atoms with Crippen molar-refractivity contribution in [2.75, 3.05) is 39.6 Å². The average molecular weight is 1630 g/mol. The highest BCUT2D eigenvalue weighted by Crippen LogP contribution is 2.45. The number of unbranched alkanes of at least 4 members (excludes halogenated alkanes) is 44. The number of phosphoric acid groups is 2. The SMILES string of the molecule is CCCCC/C=C\C/C=C\C/C=C\C/C=C\CCCCCCCCCCCCCCCCCC(=O)OCC(O)COP(=O)(O)OCC(O)COP(=O)(O)OCC(COC(=O)CCCCCCCCCCCCCCCCC/C=C\C/C=C\C/C=C\C/C=C\CCCCC)OC(=O)CCCCCCC/C=C\C/C=C\CCCCC. The van der Waals surface area contributed by atoms with Gasteiger partial charge in [-0.15, -0.1) is 0 Å². The van der Waals surface area contributed by atoms with Gasteiger partial charge in [-0.05, 0) is 141 Å². The molecule has 18 heteroatoms. The van der Waals surface area contributed by atoms with Gasteiger partial charge in [0.25, 0.3) is 0 Å². The number of ether oxygens (including phenoxy) is 3. The van der Waals surface area contributed by atoms with E-state index in [0.29, 0.717) is 19.3 Å². The van der Waals surface area contributed by atoms with E-state index >= 15 is 0 Å². The first kappa shape index (κ1) is 109. The lowest BCUT2D eigenvalue weighted by molar-refractivity contribution is -0.161. The summed E-state index contributed by atoms with van der Waals surface area (Å²) >= 11 is 0. The van der Waals surface area contributed by atoms with Crippen LogP contribution in [0.1, 0.15) is 406 Å². The smallest absolute Gasteiger partial charge is 0.463 e. The molecule has 0 aromatic rings. The number of aliphatic hydroxyl groups excluding tert-OH is 2. The molecule has 0 heterocycles. The lowest BCUT2D eigenvalue weighted by Gasteiger charge is -2.21. The number of carbonyl (C=O) groups is 3. The van der Waals surface area contributed by atoms with Crippen LogP contribution in [0.25, 0.3) is 0 Å². The van der Waals surface area contributed by atoms with Crippen molar-refractivity contribution in [1.29, 1.82) is 0 Å². The molecule has 654 valence electrons. The van der Waals surface area contributed by atoms with Crippen molar-refractivity contribution in [3.05, 3.63) is 122 Å². The number of rotatable bonds is 87. The Morgan fingerprint density at radius 2 is 0.442 bits per heavy atom. The first-order chi connectivity index (χ1) is 55.2. The van der Waals surface area contributed by atoms with Crippen LogP contribution in [0.3, 0.4) is 0 Å². The molecule has 0 saturated carbocycles. The summed E-state index contributed by atoms with van der Waals surface area (Å²) in [7, 11) is -9.80. The molecule has 0 saturated heterocycles. The quantitative estimate of drug-likeness (QED) is 0.0146. The van der Waals surface area contributed by atoms with Crippen molar-refractivity contribution in [3.63, 3.8) is 0 Å². The number of hydrogen-bond acceptors (Lipinski definition) is 14. The van der Waals surface area contributed by atoms with Gasteiger partial charge in [-0.3, -0.25) is 32.5 Å². The number of carbonyl (C=O) groups excluding carboxylic acids is 3. The Balaban J connectivity index is 4.46. The van der Waals surface area contributed by atoms with Crippen LogP contribution in [-0.2, 0) is 55.8 Å². The molecule has 0 aromatic carbocycles. The van der Waals surface area contributed by atoms with E-state index in [4.69, 9.17) is 32.3 Å². The fourth-order valence-electron chi connectivity index (χ4n) is 12.6. The molecule has 16 nitrogen and oxygen atoms in total. The van der Waals surface area contributed by atoms with E-state index in [1.807, 2.05) is 0 Å². The maximum absolute atomic E-state index is 13.0. The van der Waals surface area contributed by atoms with E-state index in [2.05, 4.69) is 142 Å². The Bertz CT molecular complexity index is 2540. The van der Waals surface area contributed by atoms with E-state index < -0.39 is 91.5 Å². The van der Waals surface area contributed by atoms with Crippen LogP contribution in [0, 0.1) is 0 Å². The van der Waals surface area contributed by atoms with Gasteiger partial charge in [0.05, 0.1) is 26.4 Å². The molecule has 0 aliphatic carbocycles. The van der Waals surface area contributed by atoms with Crippen molar-refractivity contribution < 1.29 is 75.8 Å². The molecule has 0 aliphatic heterocycles. The summed E-state index contributed by atoms with van der Waals surface area (Å²) in [5.74, 6) is -1.57. The topological polar surface area (TPSA) is 231 Å². The third-order valence-electron chi connectivity index (χ3n) is 19.6. The van der Waals surface area contributed by atoms with Crippen molar-refractivity contribution in [1.82, 2.24) is 0 Å². The third kappa shape index (κ3) is 88.6. The van der Waals surface area contributed by atoms with Gasteiger partial charge in [0, 0.05) is 19.3 Å². The highest BCUT2D eigenvalue weighted by Gasteiger charge is 2.29. The second-order valence-corrected chi connectivity index (χ2v) is 33.7. The summed E-state index contributed by atoms with van der Waals surface area (Å²) in [6.45, 7) is 2.64. The largest absolute Gasteiger partial charge is 0.472 e. The molecule has 0 aliphatic rings. The zero-order chi connectivity index (χ0) is 82.2. The lowest BCUT2D eigenvalue weighted by Crippen LogP contribution is -2.30. The minimum atomic E-state index is -4.94. The lowest BCUT2D eigenvalue weighted by atomic mass is 10.0. The normalized spacial score (nSPS) is 14.4. The molecule has 0 spiro atoms.